The highest BCUT2D eigenvalue weighted by Gasteiger charge is 2.17. The third-order valence-electron chi connectivity index (χ3n) is 2.91. The fraction of sp³-hybridized carbons (Fsp3) is 0.462. The van der Waals surface area contributed by atoms with Gasteiger partial charge in [-0.3, -0.25) is 4.79 Å². The summed E-state index contributed by atoms with van der Waals surface area (Å²) in [5.74, 6) is 0.977. The van der Waals surface area contributed by atoms with Gasteiger partial charge in [-0.05, 0) is 12.1 Å². The number of nitrogens with zero attached hydrogens (tertiary/aromatic N) is 1. The fourth-order valence-corrected chi connectivity index (χ4v) is 1.88. The zero-order chi connectivity index (χ0) is 13.8. The molecule has 104 valence electrons. The Bertz CT molecular complexity index is 462. The number of carbonyl (C=O) groups excluding carboxylic acids is 1. The van der Waals surface area contributed by atoms with Crippen molar-refractivity contribution in [2.24, 2.45) is 0 Å². The topological polar surface area (TPSA) is 68.2 Å². The van der Waals surface area contributed by atoms with E-state index in [0.29, 0.717) is 18.0 Å². The molecule has 1 unspecified atom stereocenters. The summed E-state index contributed by atoms with van der Waals surface area (Å²) in [6.07, 6.45) is -0.798. The van der Waals surface area contributed by atoms with Crippen LogP contribution in [0.15, 0.2) is 18.2 Å². The normalized spacial score (nSPS) is 14.1. The maximum Gasteiger partial charge on any atom is 0.308 e. The third kappa shape index (κ3) is 3.29. The number of esters is 1. The van der Waals surface area contributed by atoms with Crippen molar-refractivity contribution in [3.05, 3.63) is 18.2 Å². The second-order valence-corrected chi connectivity index (χ2v) is 4.35. The summed E-state index contributed by atoms with van der Waals surface area (Å²) in [5, 5.41) is 9.78. The smallest absolute Gasteiger partial charge is 0.308 e. The third-order valence-corrected chi connectivity index (χ3v) is 2.91. The van der Waals surface area contributed by atoms with Gasteiger partial charge in [0.15, 0.2) is 11.5 Å². The molecule has 0 saturated carbocycles. The molecule has 6 nitrogen and oxygen atoms in total. The number of anilines is 1. The molecule has 0 fully saturated rings. The van der Waals surface area contributed by atoms with Gasteiger partial charge in [0.25, 0.3) is 0 Å². The average molecular weight is 267 g/mol. The van der Waals surface area contributed by atoms with Crippen LogP contribution in [0.25, 0.3) is 0 Å². The summed E-state index contributed by atoms with van der Waals surface area (Å²) < 4.78 is 15.0. The van der Waals surface area contributed by atoms with Gasteiger partial charge in [0, 0.05) is 25.3 Å². The van der Waals surface area contributed by atoms with E-state index in [4.69, 9.17) is 9.47 Å². The number of aliphatic hydroxyl groups excluding tert-OH is 1. The van der Waals surface area contributed by atoms with Gasteiger partial charge in [-0.25, -0.2) is 0 Å². The molecule has 2 rings (SSSR count). The predicted molar refractivity (Wildman–Crippen MR) is 68.5 cm³/mol. The van der Waals surface area contributed by atoms with Crippen LogP contribution >= 0.6 is 0 Å². The first-order valence-corrected chi connectivity index (χ1v) is 5.96. The lowest BCUT2D eigenvalue weighted by molar-refractivity contribution is -0.142. The Morgan fingerprint density at radius 2 is 2.21 bits per heavy atom. The minimum atomic E-state index is -0.775. The molecule has 1 atom stereocenters. The standard InChI is InChI=1S/C13H17NO5/c1-14(7-10(15)6-13(16)17-2)9-3-4-11-12(5-9)19-8-18-11/h3-5,10,15H,6-8H2,1-2H3. The number of fused-ring (bicyclic) bond motifs is 1. The van der Waals surface area contributed by atoms with Crippen LogP contribution in [0.1, 0.15) is 6.42 Å². The van der Waals surface area contributed by atoms with Crippen molar-refractivity contribution in [3.8, 4) is 11.5 Å². The lowest BCUT2D eigenvalue weighted by atomic mass is 10.2. The van der Waals surface area contributed by atoms with Crippen molar-refractivity contribution in [3.63, 3.8) is 0 Å². The number of hydrogen-bond donors (Lipinski definition) is 1. The van der Waals surface area contributed by atoms with Gasteiger partial charge in [-0.15, -0.1) is 0 Å². The zero-order valence-electron chi connectivity index (χ0n) is 11.0. The van der Waals surface area contributed by atoms with Crippen molar-refractivity contribution in [2.75, 3.05) is 32.4 Å². The summed E-state index contributed by atoms with van der Waals surface area (Å²) in [6.45, 7) is 0.558. The number of methoxy groups -OCH3 is 1. The summed E-state index contributed by atoms with van der Waals surface area (Å²) >= 11 is 0. The molecule has 0 amide bonds. The van der Waals surface area contributed by atoms with Gasteiger partial charge < -0.3 is 24.2 Å². The maximum atomic E-state index is 11.1. The molecule has 1 heterocycles. The van der Waals surface area contributed by atoms with Crippen molar-refractivity contribution >= 4 is 11.7 Å². The lowest BCUT2D eigenvalue weighted by Crippen LogP contribution is -2.30. The highest BCUT2D eigenvalue weighted by Crippen LogP contribution is 2.35. The second kappa shape index (κ2) is 5.79. The summed E-state index contributed by atoms with van der Waals surface area (Å²) in [4.78, 5) is 12.9. The van der Waals surface area contributed by atoms with Gasteiger partial charge in [0.2, 0.25) is 6.79 Å². The fourth-order valence-electron chi connectivity index (χ4n) is 1.88. The van der Waals surface area contributed by atoms with Crippen LogP contribution in [0.3, 0.4) is 0 Å². The van der Waals surface area contributed by atoms with E-state index in [1.54, 1.807) is 0 Å². The second-order valence-electron chi connectivity index (χ2n) is 4.35. The van der Waals surface area contributed by atoms with Crippen molar-refractivity contribution < 1.29 is 24.1 Å². The average Bonchev–Trinajstić information content (AvgIpc) is 2.85. The number of rotatable bonds is 5. The van der Waals surface area contributed by atoms with Gasteiger partial charge >= 0.3 is 5.97 Å². The van der Waals surface area contributed by atoms with Gasteiger partial charge in [0.1, 0.15) is 0 Å². The maximum absolute atomic E-state index is 11.1. The first-order chi connectivity index (χ1) is 9.10. The molecule has 1 aliphatic heterocycles. The SMILES string of the molecule is COC(=O)CC(O)CN(C)c1ccc2c(c1)OCO2. The number of aliphatic hydroxyl groups is 1. The van der Waals surface area contributed by atoms with E-state index in [-0.39, 0.29) is 13.2 Å². The van der Waals surface area contributed by atoms with Gasteiger partial charge in [-0.2, -0.15) is 0 Å². The number of carbonyl (C=O) groups is 1. The Morgan fingerprint density at radius 3 is 2.95 bits per heavy atom. The van der Waals surface area contributed by atoms with Crippen LogP contribution < -0.4 is 14.4 Å². The molecule has 0 radical (unpaired) electrons. The van der Waals surface area contributed by atoms with Crippen LogP contribution in [0.4, 0.5) is 5.69 Å². The van der Waals surface area contributed by atoms with E-state index in [9.17, 15) is 9.90 Å². The highest BCUT2D eigenvalue weighted by atomic mass is 16.7. The Balaban J connectivity index is 1.96. The van der Waals surface area contributed by atoms with E-state index in [0.717, 1.165) is 5.69 Å². The highest BCUT2D eigenvalue weighted by molar-refractivity contribution is 5.69. The van der Waals surface area contributed by atoms with Gasteiger partial charge in [-0.1, -0.05) is 0 Å². The van der Waals surface area contributed by atoms with Crippen molar-refractivity contribution in [1.29, 1.82) is 0 Å². The van der Waals surface area contributed by atoms with E-state index in [1.807, 2.05) is 30.1 Å². The first-order valence-electron chi connectivity index (χ1n) is 5.96. The van der Waals surface area contributed by atoms with E-state index in [1.165, 1.54) is 7.11 Å². The van der Waals surface area contributed by atoms with Crippen molar-refractivity contribution in [2.45, 2.75) is 12.5 Å². The first kappa shape index (κ1) is 13.5. The van der Waals surface area contributed by atoms with Crippen LogP contribution in [0.2, 0.25) is 0 Å². The Labute approximate surface area is 111 Å². The lowest BCUT2D eigenvalue weighted by Gasteiger charge is -2.22. The molecule has 0 bridgehead atoms. The molecule has 0 aliphatic carbocycles. The summed E-state index contributed by atoms with van der Waals surface area (Å²) in [7, 11) is 3.13. The van der Waals surface area contributed by atoms with Crippen molar-refractivity contribution in [1.82, 2.24) is 0 Å². The summed E-state index contributed by atoms with van der Waals surface area (Å²) in [6, 6.07) is 5.53. The molecule has 1 N–H and O–H groups in total. The van der Waals surface area contributed by atoms with E-state index < -0.39 is 12.1 Å². The number of benzene rings is 1. The van der Waals surface area contributed by atoms with Crippen LogP contribution in [0, 0.1) is 0 Å². The molecule has 6 heteroatoms. The number of hydrogen-bond acceptors (Lipinski definition) is 6. The quantitative estimate of drug-likeness (QED) is 0.795. The summed E-state index contributed by atoms with van der Waals surface area (Å²) in [5.41, 5.74) is 0.883. The largest absolute Gasteiger partial charge is 0.469 e. The predicted octanol–water partition coefficient (Wildman–Crippen LogP) is 0.775. The number of ether oxygens (including phenoxy) is 3. The Hall–Kier alpha value is -1.95. The monoisotopic (exact) mass is 267 g/mol. The van der Waals surface area contributed by atoms with Crippen LogP contribution in [-0.4, -0.2) is 44.7 Å². The molecular weight excluding hydrogens is 250 g/mol. The van der Waals surface area contributed by atoms with E-state index >= 15 is 0 Å². The molecular formula is C13H17NO5. The number of likely N-dealkylation sites (N-methyl/N-ethyl adjacent to an activating group) is 1. The minimum Gasteiger partial charge on any atom is -0.469 e. The Morgan fingerprint density at radius 1 is 1.47 bits per heavy atom. The molecule has 19 heavy (non-hydrogen) atoms. The zero-order valence-corrected chi connectivity index (χ0v) is 11.0. The minimum absolute atomic E-state index is 0.0224. The molecule has 1 aliphatic rings. The Kier molecular flexibility index (Phi) is 4.11. The molecule has 1 aromatic rings. The molecule has 0 aromatic heterocycles. The molecule has 1 aromatic carbocycles. The van der Waals surface area contributed by atoms with Crippen LogP contribution in [-0.2, 0) is 9.53 Å². The molecule has 0 saturated heterocycles. The van der Waals surface area contributed by atoms with Gasteiger partial charge in [0.05, 0.1) is 19.6 Å². The molecule has 0 spiro atoms. The van der Waals surface area contributed by atoms with E-state index in [2.05, 4.69) is 4.74 Å². The van der Waals surface area contributed by atoms with Crippen LogP contribution in [0.5, 0.6) is 11.5 Å².